The molecule has 1 saturated carbocycles. The topological polar surface area (TPSA) is 66.4 Å². The summed E-state index contributed by atoms with van der Waals surface area (Å²) < 4.78 is 0. The van der Waals surface area contributed by atoms with E-state index in [2.05, 4.69) is 11.2 Å². The Balaban J connectivity index is 2.19. The van der Waals surface area contributed by atoms with Gasteiger partial charge < -0.3 is 10.4 Å². The molecule has 0 saturated heterocycles. The van der Waals surface area contributed by atoms with Crippen LogP contribution in [0.2, 0.25) is 0 Å². The van der Waals surface area contributed by atoms with Gasteiger partial charge >= 0.3 is 5.97 Å². The third-order valence-corrected chi connectivity index (χ3v) is 3.70. The first-order valence-electron chi connectivity index (χ1n) is 7.09. The molecule has 2 N–H and O–H groups in total. The fourth-order valence-corrected chi connectivity index (χ4v) is 2.61. The lowest BCUT2D eigenvalue weighted by molar-refractivity contribution is -0.141. The minimum atomic E-state index is -1.07. The standard InChI is InChI=1S/C15H23NO3/c1-2-7-13(15(18)19)16-14(17)11-6-10-12-8-4-3-5-9-12/h1,12-13H,3-11H2,(H,16,17)(H,18,19). The molecule has 19 heavy (non-hydrogen) atoms. The second-order valence-corrected chi connectivity index (χ2v) is 5.26. The van der Waals surface area contributed by atoms with Crippen LogP contribution in [0.15, 0.2) is 0 Å². The largest absolute Gasteiger partial charge is 0.480 e. The van der Waals surface area contributed by atoms with Crippen LogP contribution >= 0.6 is 0 Å². The Hall–Kier alpha value is -1.50. The van der Waals surface area contributed by atoms with Crippen LogP contribution in [0.25, 0.3) is 0 Å². The Kier molecular flexibility index (Phi) is 7.02. The van der Waals surface area contributed by atoms with E-state index >= 15 is 0 Å². The summed E-state index contributed by atoms with van der Waals surface area (Å²) in [6.45, 7) is 0. The number of carbonyl (C=O) groups excluding carboxylic acids is 1. The van der Waals surface area contributed by atoms with E-state index in [1.807, 2.05) is 0 Å². The van der Waals surface area contributed by atoms with Gasteiger partial charge in [0.2, 0.25) is 5.91 Å². The number of nitrogens with one attached hydrogen (secondary N) is 1. The maximum Gasteiger partial charge on any atom is 0.327 e. The number of carbonyl (C=O) groups is 2. The van der Waals surface area contributed by atoms with Gasteiger partial charge in [0.05, 0.1) is 0 Å². The molecule has 0 heterocycles. The van der Waals surface area contributed by atoms with Crippen LogP contribution in [0.4, 0.5) is 0 Å². The van der Waals surface area contributed by atoms with E-state index in [1.165, 1.54) is 32.1 Å². The lowest BCUT2D eigenvalue weighted by atomic mass is 9.86. The number of amides is 1. The van der Waals surface area contributed by atoms with E-state index in [1.54, 1.807) is 0 Å². The fourth-order valence-electron chi connectivity index (χ4n) is 2.61. The molecule has 0 aromatic heterocycles. The number of terminal acetylenes is 1. The van der Waals surface area contributed by atoms with Crippen LogP contribution < -0.4 is 5.32 Å². The molecule has 0 aliphatic heterocycles. The zero-order valence-electron chi connectivity index (χ0n) is 11.4. The first kappa shape index (κ1) is 15.6. The molecule has 1 rings (SSSR count). The van der Waals surface area contributed by atoms with Crippen molar-refractivity contribution in [3.05, 3.63) is 0 Å². The second kappa shape index (κ2) is 8.58. The molecule has 0 bridgehead atoms. The summed E-state index contributed by atoms with van der Waals surface area (Å²) in [6.07, 6.45) is 13.9. The molecular weight excluding hydrogens is 242 g/mol. The predicted molar refractivity (Wildman–Crippen MR) is 73.4 cm³/mol. The normalized spacial score (nSPS) is 17.4. The fraction of sp³-hybridized carbons (Fsp3) is 0.733. The van der Waals surface area contributed by atoms with E-state index < -0.39 is 12.0 Å². The van der Waals surface area contributed by atoms with Crippen LogP contribution in [0.5, 0.6) is 0 Å². The minimum Gasteiger partial charge on any atom is -0.480 e. The maximum atomic E-state index is 11.6. The number of carboxylic acids is 1. The summed E-state index contributed by atoms with van der Waals surface area (Å²) in [7, 11) is 0. The van der Waals surface area contributed by atoms with Crippen molar-refractivity contribution >= 4 is 11.9 Å². The van der Waals surface area contributed by atoms with Crippen molar-refractivity contribution in [2.75, 3.05) is 0 Å². The van der Waals surface area contributed by atoms with Crippen LogP contribution in [-0.2, 0) is 9.59 Å². The van der Waals surface area contributed by atoms with Gasteiger partial charge in [0.25, 0.3) is 0 Å². The highest BCUT2D eigenvalue weighted by Crippen LogP contribution is 2.27. The van der Waals surface area contributed by atoms with Crippen LogP contribution in [0.1, 0.15) is 57.8 Å². The number of hydrogen-bond acceptors (Lipinski definition) is 2. The summed E-state index contributed by atoms with van der Waals surface area (Å²) in [5, 5.41) is 11.3. The Morgan fingerprint density at radius 3 is 2.58 bits per heavy atom. The van der Waals surface area contributed by atoms with Crippen LogP contribution in [0, 0.1) is 18.3 Å². The zero-order chi connectivity index (χ0) is 14.1. The molecule has 1 fully saturated rings. The Morgan fingerprint density at radius 2 is 2.00 bits per heavy atom. The van der Waals surface area contributed by atoms with Gasteiger partial charge in [-0.25, -0.2) is 4.79 Å². The summed E-state index contributed by atoms with van der Waals surface area (Å²) in [4.78, 5) is 22.5. The van der Waals surface area contributed by atoms with Crippen molar-refractivity contribution in [3.63, 3.8) is 0 Å². The molecule has 1 atom stereocenters. The van der Waals surface area contributed by atoms with Gasteiger partial charge in [0.1, 0.15) is 6.04 Å². The number of hydrogen-bond donors (Lipinski definition) is 2. The van der Waals surface area contributed by atoms with E-state index in [0.717, 1.165) is 18.8 Å². The van der Waals surface area contributed by atoms with Gasteiger partial charge in [-0.15, -0.1) is 12.3 Å². The molecule has 0 aromatic rings. The molecule has 1 aliphatic rings. The van der Waals surface area contributed by atoms with E-state index in [9.17, 15) is 9.59 Å². The van der Waals surface area contributed by atoms with Gasteiger partial charge in [-0.05, 0) is 18.8 Å². The molecule has 4 heteroatoms. The number of rotatable bonds is 7. The van der Waals surface area contributed by atoms with E-state index in [0.29, 0.717) is 6.42 Å². The second-order valence-electron chi connectivity index (χ2n) is 5.26. The Bertz CT molecular complexity index is 340. The molecule has 4 nitrogen and oxygen atoms in total. The van der Waals surface area contributed by atoms with Gasteiger partial charge in [0, 0.05) is 12.8 Å². The van der Waals surface area contributed by atoms with Crippen molar-refractivity contribution in [1.29, 1.82) is 0 Å². The first-order valence-corrected chi connectivity index (χ1v) is 7.09. The summed E-state index contributed by atoms with van der Waals surface area (Å²) in [5.74, 6) is 1.74. The Morgan fingerprint density at radius 1 is 1.32 bits per heavy atom. The first-order chi connectivity index (χ1) is 9.13. The quantitative estimate of drug-likeness (QED) is 0.694. The summed E-state index contributed by atoms with van der Waals surface area (Å²) in [6, 6.07) is -0.952. The molecular formula is C15H23NO3. The lowest BCUT2D eigenvalue weighted by Crippen LogP contribution is -2.40. The zero-order valence-corrected chi connectivity index (χ0v) is 11.4. The van der Waals surface area contributed by atoms with Crippen molar-refractivity contribution in [2.45, 2.75) is 63.8 Å². The molecule has 0 spiro atoms. The summed E-state index contributed by atoms with van der Waals surface area (Å²) in [5.41, 5.74) is 0. The third kappa shape index (κ3) is 6.28. The maximum absolute atomic E-state index is 11.6. The lowest BCUT2D eigenvalue weighted by Gasteiger charge is -2.21. The monoisotopic (exact) mass is 265 g/mol. The number of aliphatic carboxylic acids is 1. The molecule has 1 aliphatic carbocycles. The van der Waals surface area contributed by atoms with Crippen molar-refractivity contribution < 1.29 is 14.7 Å². The summed E-state index contributed by atoms with van der Waals surface area (Å²) >= 11 is 0. The van der Waals surface area contributed by atoms with Gasteiger partial charge in [-0.3, -0.25) is 4.79 Å². The SMILES string of the molecule is C#CCC(NC(=O)CCCC1CCCCC1)C(=O)O. The molecule has 106 valence electrons. The minimum absolute atomic E-state index is 0.0314. The molecule has 1 unspecified atom stereocenters. The predicted octanol–water partition coefficient (Wildman–Crippen LogP) is 2.33. The average molecular weight is 265 g/mol. The van der Waals surface area contributed by atoms with Gasteiger partial charge in [-0.2, -0.15) is 0 Å². The van der Waals surface area contributed by atoms with Crippen molar-refractivity contribution in [1.82, 2.24) is 5.32 Å². The van der Waals surface area contributed by atoms with Crippen LogP contribution in [-0.4, -0.2) is 23.0 Å². The smallest absolute Gasteiger partial charge is 0.327 e. The highest BCUT2D eigenvalue weighted by atomic mass is 16.4. The third-order valence-electron chi connectivity index (χ3n) is 3.70. The van der Waals surface area contributed by atoms with Crippen molar-refractivity contribution in [2.24, 2.45) is 5.92 Å². The van der Waals surface area contributed by atoms with Gasteiger partial charge in [-0.1, -0.05) is 32.1 Å². The van der Waals surface area contributed by atoms with Gasteiger partial charge in [0.15, 0.2) is 0 Å². The van der Waals surface area contributed by atoms with Crippen LogP contribution in [0.3, 0.4) is 0 Å². The molecule has 0 radical (unpaired) electrons. The van der Waals surface area contributed by atoms with E-state index in [-0.39, 0.29) is 12.3 Å². The van der Waals surface area contributed by atoms with E-state index in [4.69, 9.17) is 11.5 Å². The average Bonchev–Trinajstić information content (AvgIpc) is 2.39. The molecule has 1 amide bonds. The highest BCUT2D eigenvalue weighted by Gasteiger charge is 2.19. The van der Waals surface area contributed by atoms with Crippen molar-refractivity contribution in [3.8, 4) is 12.3 Å². The Labute approximate surface area is 115 Å². The highest BCUT2D eigenvalue weighted by molar-refractivity contribution is 5.83. The number of carboxylic acid groups (broad SMARTS) is 1. The molecule has 0 aromatic carbocycles.